The Bertz CT molecular complexity index is 870. The number of hydrogen-bond acceptors (Lipinski definition) is 4. The van der Waals surface area contributed by atoms with Crippen LogP contribution in [0, 0.1) is 17.8 Å². The normalized spacial score (nSPS) is 32.3. The summed E-state index contributed by atoms with van der Waals surface area (Å²) in [6.07, 6.45) is 1.42. The predicted molar refractivity (Wildman–Crippen MR) is 109 cm³/mol. The van der Waals surface area contributed by atoms with Crippen LogP contribution in [-0.2, 0) is 19.9 Å². The molecular formula is C21H26BrN3O3. The molecule has 0 saturated carbocycles. The minimum atomic E-state index is -1.20. The maximum Gasteiger partial charge on any atom is 0.250 e. The minimum Gasteiger partial charge on any atom is -0.324 e. The SMILES string of the molecule is CC[C@H](C)N1C(=O)[C@@H]2[C@H](CC(C)C)N[C@@]3(C(=O)Nc4ccc(Br)cc43)[C@@H]2C1=O. The van der Waals surface area contributed by atoms with Crippen LogP contribution in [0.1, 0.15) is 46.1 Å². The van der Waals surface area contributed by atoms with Crippen LogP contribution in [0.15, 0.2) is 22.7 Å². The molecule has 4 rings (SSSR count). The summed E-state index contributed by atoms with van der Waals surface area (Å²) in [5.74, 6) is -1.51. The van der Waals surface area contributed by atoms with E-state index in [1.54, 1.807) is 0 Å². The number of anilines is 1. The number of rotatable bonds is 4. The first kappa shape index (κ1) is 19.6. The molecule has 150 valence electrons. The van der Waals surface area contributed by atoms with Gasteiger partial charge in [-0.05, 0) is 43.9 Å². The van der Waals surface area contributed by atoms with Crippen molar-refractivity contribution in [1.82, 2.24) is 10.2 Å². The maximum absolute atomic E-state index is 13.5. The number of nitrogens with one attached hydrogen (secondary N) is 2. The van der Waals surface area contributed by atoms with E-state index in [0.717, 1.165) is 16.5 Å². The average Bonchev–Trinajstić information content (AvgIpc) is 3.20. The third-order valence-corrected chi connectivity index (χ3v) is 6.96. The molecule has 3 aliphatic rings. The Kier molecular flexibility index (Phi) is 4.66. The number of halogens is 1. The molecule has 0 radical (unpaired) electrons. The second-order valence-electron chi connectivity index (χ2n) is 8.64. The Hall–Kier alpha value is -1.73. The Labute approximate surface area is 173 Å². The van der Waals surface area contributed by atoms with Gasteiger partial charge in [-0.3, -0.25) is 24.6 Å². The van der Waals surface area contributed by atoms with Crippen molar-refractivity contribution in [2.24, 2.45) is 17.8 Å². The third-order valence-electron chi connectivity index (χ3n) is 6.47. The van der Waals surface area contributed by atoms with Gasteiger partial charge < -0.3 is 5.32 Å². The van der Waals surface area contributed by atoms with E-state index >= 15 is 0 Å². The molecule has 0 bridgehead atoms. The lowest BCUT2D eigenvalue weighted by atomic mass is 9.76. The molecule has 0 aromatic heterocycles. The zero-order valence-electron chi connectivity index (χ0n) is 16.6. The van der Waals surface area contributed by atoms with Gasteiger partial charge in [-0.2, -0.15) is 0 Å². The summed E-state index contributed by atoms with van der Waals surface area (Å²) < 4.78 is 0.836. The lowest BCUT2D eigenvalue weighted by Gasteiger charge is -2.31. The Balaban J connectivity index is 1.89. The van der Waals surface area contributed by atoms with E-state index in [1.165, 1.54) is 4.90 Å². The van der Waals surface area contributed by atoms with Gasteiger partial charge >= 0.3 is 0 Å². The van der Waals surface area contributed by atoms with Gasteiger partial charge in [0, 0.05) is 27.8 Å². The molecule has 1 aromatic carbocycles. The third kappa shape index (κ3) is 2.52. The number of imide groups is 1. The number of likely N-dealkylation sites (tertiary alicyclic amines) is 1. The van der Waals surface area contributed by atoms with Crippen LogP contribution < -0.4 is 10.6 Å². The van der Waals surface area contributed by atoms with Crippen molar-refractivity contribution in [1.29, 1.82) is 0 Å². The molecule has 28 heavy (non-hydrogen) atoms. The van der Waals surface area contributed by atoms with E-state index in [0.29, 0.717) is 18.0 Å². The second-order valence-corrected chi connectivity index (χ2v) is 9.56. The summed E-state index contributed by atoms with van der Waals surface area (Å²) in [5.41, 5.74) is 0.255. The minimum absolute atomic E-state index is 0.143. The van der Waals surface area contributed by atoms with Crippen molar-refractivity contribution in [2.45, 2.75) is 58.2 Å². The maximum atomic E-state index is 13.5. The summed E-state index contributed by atoms with van der Waals surface area (Å²) in [5, 5.41) is 6.40. The smallest absolute Gasteiger partial charge is 0.250 e. The van der Waals surface area contributed by atoms with Gasteiger partial charge in [0.2, 0.25) is 17.7 Å². The molecule has 3 aliphatic heterocycles. The fourth-order valence-electron chi connectivity index (χ4n) is 5.12. The standard InChI is InChI=1S/C21H26BrN3O3/c1-5-11(4)25-18(26)16-15(8-10(2)3)24-21(17(16)19(25)27)13-9-12(22)6-7-14(13)23-20(21)28/h6-7,9-11,15-17,24H,5,8H2,1-4H3,(H,23,28)/t11-,15-,16+,17-,21+/m0/s1. The number of hydrogen-bond donors (Lipinski definition) is 2. The van der Waals surface area contributed by atoms with E-state index in [2.05, 4.69) is 40.4 Å². The summed E-state index contributed by atoms with van der Waals surface area (Å²) in [6.45, 7) is 8.05. The van der Waals surface area contributed by atoms with Gasteiger partial charge in [0.25, 0.3) is 0 Å². The number of benzene rings is 1. The molecule has 2 N–H and O–H groups in total. The van der Waals surface area contributed by atoms with Crippen LogP contribution in [0.5, 0.6) is 0 Å². The van der Waals surface area contributed by atoms with Crippen molar-refractivity contribution < 1.29 is 14.4 Å². The number of carbonyl (C=O) groups excluding carboxylic acids is 3. The van der Waals surface area contributed by atoms with Crippen molar-refractivity contribution in [3.8, 4) is 0 Å². The molecule has 3 heterocycles. The van der Waals surface area contributed by atoms with E-state index in [9.17, 15) is 14.4 Å². The van der Waals surface area contributed by atoms with Crippen LogP contribution in [0.2, 0.25) is 0 Å². The molecule has 0 unspecified atom stereocenters. The van der Waals surface area contributed by atoms with E-state index < -0.39 is 17.4 Å². The lowest BCUT2D eigenvalue weighted by Crippen LogP contribution is -2.54. The van der Waals surface area contributed by atoms with Crippen molar-refractivity contribution in [3.63, 3.8) is 0 Å². The molecule has 1 spiro atoms. The molecule has 2 saturated heterocycles. The number of carbonyl (C=O) groups is 3. The molecule has 3 amide bonds. The second kappa shape index (κ2) is 6.66. The fourth-order valence-corrected chi connectivity index (χ4v) is 5.48. The Morgan fingerprint density at radius 1 is 1.18 bits per heavy atom. The Morgan fingerprint density at radius 3 is 2.54 bits per heavy atom. The topological polar surface area (TPSA) is 78.5 Å². The van der Waals surface area contributed by atoms with E-state index in [4.69, 9.17) is 0 Å². The fraction of sp³-hybridized carbons (Fsp3) is 0.571. The first-order valence-electron chi connectivity index (χ1n) is 9.98. The molecule has 7 heteroatoms. The monoisotopic (exact) mass is 447 g/mol. The first-order chi connectivity index (χ1) is 13.2. The van der Waals surface area contributed by atoms with Gasteiger partial charge in [0.15, 0.2) is 0 Å². The van der Waals surface area contributed by atoms with Gasteiger partial charge in [0.1, 0.15) is 5.54 Å². The molecule has 5 atom stereocenters. The number of nitrogens with zero attached hydrogens (tertiary/aromatic N) is 1. The van der Waals surface area contributed by atoms with Crippen molar-refractivity contribution in [3.05, 3.63) is 28.2 Å². The first-order valence-corrected chi connectivity index (χ1v) is 10.8. The summed E-state index contributed by atoms with van der Waals surface area (Å²) >= 11 is 3.49. The zero-order chi connectivity index (χ0) is 20.4. The highest BCUT2D eigenvalue weighted by Gasteiger charge is 2.70. The van der Waals surface area contributed by atoms with Crippen LogP contribution in [0.4, 0.5) is 5.69 Å². The molecule has 2 fully saturated rings. The van der Waals surface area contributed by atoms with Gasteiger partial charge in [-0.1, -0.05) is 36.7 Å². The van der Waals surface area contributed by atoms with Crippen LogP contribution >= 0.6 is 15.9 Å². The van der Waals surface area contributed by atoms with E-state index in [1.807, 2.05) is 32.0 Å². The summed E-state index contributed by atoms with van der Waals surface area (Å²) in [6, 6.07) is 5.20. The molecule has 0 aliphatic carbocycles. The van der Waals surface area contributed by atoms with Gasteiger partial charge in [-0.15, -0.1) is 0 Å². The van der Waals surface area contributed by atoms with Crippen LogP contribution in [-0.4, -0.2) is 34.7 Å². The molecule has 1 aromatic rings. The number of fused-ring (bicyclic) bond motifs is 4. The van der Waals surface area contributed by atoms with Crippen LogP contribution in [0.25, 0.3) is 0 Å². The average molecular weight is 448 g/mol. The van der Waals surface area contributed by atoms with Crippen molar-refractivity contribution >= 4 is 39.3 Å². The quantitative estimate of drug-likeness (QED) is 0.695. The Morgan fingerprint density at radius 2 is 1.89 bits per heavy atom. The highest BCUT2D eigenvalue weighted by molar-refractivity contribution is 9.10. The van der Waals surface area contributed by atoms with Gasteiger partial charge in [0.05, 0.1) is 11.8 Å². The summed E-state index contributed by atoms with van der Waals surface area (Å²) in [4.78, 5) is 41.5. The van der Waals surface area contributed by atoms with E-state index in [-0.39, 0.29) is 29.8 Å². The molecule has 6 nitrogen and oxygen atoms in total. The van der Waals surface area contributed by atoms with Gasteiger partial charge in [-0.25, -0.2) is 0 Å². The molecular weight excluding hydrogens is 422 g/mol. The highest BCUT2D eigenvalue weighted by atomic mass is 79.9. The largest absolute Gasteiger partial charge is 0.324 e. The summed E-state index contributed by atoms with van der Waals surface area (Å²) in [7, 11) is 0. The lowest BCUT2D eigenvalue weighted by molar-refractivity contribution is -0.145. The number of amides is 3. The predicted octanol–water partition coefficient (Wildman–Crippen LogP) is 3.01. The zero-order valence-corrected chi connectivity index (χ0v) is 18.2. The highest BCUT2D eigenvalue weighted by Crippen LogP contribution is 2.54. The van der Waals surface area contributed by atoms with Crippen LogP contribution in [0.3, 0.4) is 0 Å². The van der Waals surface area contributed by atoms with Crippen molar-refractivity contribution in [2.75, 3.05) is 5.32 Å².